The Morgan fingerprint density at radius 2 is 1.55 bits per heavy atom. The molecule has 0 amide bonds. The first-order valence-electron chi connectivity index (χ1n) is 11.1. The highest BCUT2D eigenvalue weighted by Crippen LogP contribution is 2.36. The second-order valence-electron chi connectivity index (χ2n) is 7.84. The molecule has 6 nitrogen and oxygen atoms in total. The summed E-state index contributed by atoms with van der Waals surface area (Å²) in [6.07, 6.45) is 2.86. The van der Waals surface area contributed by atoms with Crippen molar-refractivity contribution in [2.24, 2.45) is 4.99 Å². The summed E-state index contributed by atoms with van der Waals surface area (Å²) in [7, 11) is 3.39. The van der Waals surface area contributed by atoms with Crippen molar-refractivity contribution < 1.29 is 14.2 Å². The van der Waals surface area contributed by atoms with E-state index in [-0.39, 0.29) is 5.41 Å². The Hall–Kier alpha value is -2.73. The van der Waals surface area contributed by atoms with Crippen molar-refractivity contribution in [2.75, 3.05) is 47.1 Å². The lowest BCUT2D eigenvalue weighted by Crippen LogP contribution is -2.41. The topological polar surface area (TPSA) is 64.1 Å². The minimum atomic E-state index is -0.0111. The zero-order valence-corrected chi connectivity index (χ0v) is 18.9. The molecular formula is C25H35N3O3. The second-order valence-corrected chi connectivity index (χ2v) is 7.84. The van der Waals surface area contributed by atoms with Gasteiger partial charge < -0.3 is 24.8 Å². The van der Waals surface area contributed by atoms with Gasteiger partial charge in [0, 0.05) is 31.7 Å². The molecule has 0 saturated carbocycles. The van der Waals surface area contributed by atoms with E-state index in [4.69, 9.17) is 19.2 Å². The second kappa shape index (κ2) is 11.6. The lowest BCUT2D eigenvalue weighted by Gasteiger charge is -2.36. The van der Waals surface area contributed by atoms with Gasteiger partial charge >= 0.3 is 0 Å². The third-order valence-electron chi connectivity index (χ3n) is 5.90. The molecule has 6 heteroatoms. The summed E-state index contributed by atoms with van der Waals surface area (Å²) in [6.45, 7) is 5.99. The maximum atomic E-state index is 5.66. The average Bonchev–Trinajstić information content (AvgIpc) is 2.83. The fourth-order valence-corrected chi connectivity index (χ4v) is 3.93. The van der Waals surface area contributed by atoms with Gasteiger partial charge in [-0.1, -0.05) is 24.3 Å². The van der Waals surface area contributed by atoms with Gasteiger partial charge in [0.2, 0.25) is 0 Å². The molecule has 2 aromatic carbocycles. The van der Waals surface area contributed by atoms with Crippen LogP contribution in [0.2, 0.25) is 0 Å². The largest absolute Gasteiger partial charge is 0.497 e. The zero-order valence-electron chi connectivity index (χ0n) is 18.9. The number of nitrogens with one attached hydrogen (secondary N) is 2. The summed E-state index contributed by atoms with van der Waals surface area (Å²) in [5.74, 6) is 2.62. The minimum Gasteiger partial charge on any atom is -0.497 e. The van der Waals surface area contributed by atoms with E-state index in [0.29, 0.717) is 0 Å². The van der Waals surface area contributed by atoms with Crippen LogP contribution in [0.25, 0.3) is 0 Å². The van der Waals surface area contributed by atoms with Crippen molar-refractivity contribution >= 4 is 5.96 Å². The van der Waals surface area contributed by atoms with Crippen LogP contribution in [0.5, 0.6) is 11.5 Å². The Balaban J connectivity index is 1.66. The van der Waals surface area contributed by atoms with E-state index in [1.807, 2.05) is 24.3 Å². The summed E-state index contributed by atoms with van der Waals surface area (Å²) >= 11 is 0. The molecule has 31 heavy (non-hydrogen) atoms. The van der Waals surface area contributed by atoms with Crippen LogP contribution >= 0.6 is 0 Å². The van der Waals surface area contributed by atoms with E-state index >= 15 is 0 Å². The predicted molar refractivity (Wildman–Crippen MR) is 125 cm³/mol. The monoisotopic (exact) mass is 425 g/mol. The van der Waals surface area contributed by atoms with Crippen molar-refractivity contribution in [1.82, 2.24) is 10.6 Å². The quantitative estimate of drug-likeness (QED) is 0.475. The molecule has 1 heterocycles. The first-order valence-corrected chi connectivity index (χ1v) is 11.1. The van der Waals surface area contributed by atoms with Gasteiger partial charge in [-0.3, -0.25) is 4.99 Å². The number of methoxy groups -OCH3 is 2. The molecule has 1 aliphatic heterocycles. The molecule has 1 fully saturated rings. The summed E-state index contributed by atoms with van der Waals surface area (Å²) in [4.78, 5) is 4.97. The van der Waals surface area contributed by atoms with Crippen LogP contribution in [-0.4, -0.2) is 53.0 Å². The number of aliphatic imine (C=N–C) groups is 1. The maximum Gasteiger partial charge on any atom is 0.191 e. The first-order chi connectivity index (χ1) is 15.2. The summed E-state index contributed by atoms with van der Waals surface area (Å²) in [6, 6.07) is 16.6. The van der Waals surface area contributed by atoms with Crippen LogP contribution in [0.4, 0.5) is 0 Å². The SMILES string of the molecule is CCNC(=NCC1(c2ccc(OC)cc2)CCOCC1)NCCc1ccc(OC)cc1. The number of hydrogen-bond donors (Lipinski definition) is 2. The molecule has 3 rings (SSSR count). The number of hydrogen-bond acceptors (Lipinski definition) is 4. The predicted octanol–water partition coefficient (Wildman–Crippen LogP) is 3.55. The van der Waals surface area contributed by atoms with Crippen molar-refractivity contribution in [3.05, 3.63) is 59.7 Å². The van der Waals surface area contributed by atoms with Crippen molar-refractivity contribution in [2.45, 2.75) is 31.6 Å². The van der Waals surface area contributed by atoms with Crippen LogP contribution in [0, 0.1) is 0 Å². The van der Waals surface area contributed by atoms with E-state index in [1.165, 1.54) is 11.1 Å². The number of ether oxygens (including phenoxy) is 3. The Bertz CT molecular complexity index is 813. The van der Waals surface area contributed by atoms with Gasteiger partial charge in [0.15, 0.2) is 5.96 Å². The van der Waals surface area contributed by atoms with Crippen LogP contribution < -0.4 is 20.1 Å². The molecule has 0 radical (unpaired) electrons. The molecule has 2 aromatic rings. The lowest BCUT2D eigenvalue weighted by molar-refractivity contribution is 0.0531. The minimum absolute atomic E-state index is 0.0111. The molecule has 0 aromatic heterocycles. The third-order valence-corrected chi connectivity index (χ3v) is 5.90. The average molecular weight is 426 g/mol. The fourth-order valence-electron chi connectivity index (χ4n) is 3.93. The van der Waals surface area contributed by atoms with Gasteiger partial charge in [-0.15, -0.1) is 0 Å². The Morgan fingerprint density at radius 1 is 0.935 bits per heavy atom. The summed E-state index contributed by atoms with van der Waals surface area (Å²) in [5, 5.41) is 6.86. The van der Waals surface area contributed by atoms with Crippen LogP contribution in [-0.2, 0) is 16.6 Å². The molecule has 168 valence electrons. The Kier molecular flexibility index (Phi) is 8.59. The molecule has 0 unspecified atom stereocenters. The van der Waals surface area contributed by atoms with Crippen LogP contribution in [0.3, 0.4) is 0 Å². The van der Waals surface area contributed by atoms with Gasteiger partial charge in [0.05, 0.1) is 20.8 Å². The van der Waals surface area contributed by atoms with E-state index < -0.39 is 0 Å². The molecule has 0 spiro atoms. The molecule has 0 atom stereocenters. The van der Waals surface area contributed by atoms with Crippen LogP contribution in [0.15, 0.2) is 53.5 Å². The van der Waals surface area contributed by atoms with Gasteiger partial charge in [-0.2, -0.15) is 0 Å². The highest BCUT2D eigenvalue weighted by Gasteiger charge is 2.34. The molecule has 1 saturated heterocycles. The van der Waals surface area contributed by atoms with Gasteiger partial charge in [-0.25, -0.2) is 0 Å². The Labute approximate surface area is 186 Å². The number of rotatable bonds is 9. The zero-order chi connectivity index (χ0) is 21.9. The number of nitrogens with zero attached hydrogens (tertiary/aromatic N) is 1. The molecular weight excluding hydrogens is 390 g/mol. The Morgan fingerprint density at radius 3 is 2.13 bits per heavy atom. The number of guanidine groups is 1. The van der Waals surface area contributed by atoms with E-state index in [0.717, 1.165) is 69.6 Å². The van der Waals surface area contributed by atoms with E-state index in [2.05, 4.69) is 41.8 Å². The van der Waals surface area contributed by atoms with Gasteiger partial charge in [0.25, 0.3) is 0 Å². The molecule has 1 aliphatic rings. The summed E-state index contributed by atoms with van der Waals surface area (Å²) < 4.78 is 16.2. The van der Waals surface area contributed by atoms with Gasteiger partial charge in [0.1, 0.15) is 11.5 Å². The van der Waals surface area contributed by atoms with E-state index in [1.54, 1.807) is 14.2 Å². The molecule has 0 aliphatic carbocycles. The maximum absolute atomic E-state index is 5.66. The fraction of sp³-hybridized carbons (Fsp3) is 0.480. The van der Waals surface area contributed by atoms with Crippen molar-refractivity contribution in [1.29, 1.82) is 0 Å². The van der Waals surface area contributed by atoms with Crippen LogP contribution in [0.1, 0.15) is 30.9 Å². The van der Waals surface area contributed by atoms with Gasteiger partial charge in [-0.05, 0) is 61.6 Å². The smallest absolute Gasteiger partial charge is 0.191 e. The molecule has 0 bridgehead atoms. The standard InChI is InChI=1S/C25H35N3O3/c1-4-26-24(27-16-13-20-5-9-22(29-2)10-6-20)28-19-25(14-17-31-18-15-25)21-7-11-23(30-3)12-8-21/h5-12H,4,13-19H2,1-3H3,(H2,26,27,28). The third kappa shape index (κ3) is 6.37. The normalized spacial score (nSPS) is 15.9. The summed E-state index contributed by atoms with van der Waals surface area (Å²) in [5.41, 5.74) is 2.56. The van der Waals surface area contributed by atoms with Crippen molar-refractivity contribution in [3.8, 4) is 11.5 Å². The number of benzene rings is 2. The van der Waals surface area contributed by atoms with Crippen molar-refractivity contribution in [3.63, 3.8) is 0 Å². The van der Waals surface area contributed by atoms with E-state index in [9.17, 15) is 0 Å². The highest BCUT2D eigenvalue weighted by atomic mass is 16.5. The highest BCUT2D eigenvalue weighted by molar-refractivity contribution is 5.79. The lowest BCUT2D eigenvalue weighted by atomic mass is 9.74. The first kappa shape index (κ1) is 22.9. The molecule has 2 N–H and O–H groups in total.